The molecule has 0 amide bonds. The Balaban J connectivity index is 1.73. The molecule has 1 aliphatic heterocycles. The average Bonchev–Trinajstić information content (AvgIpc) is 2.94. The predicted molar refractivity (Wildman–Crippen MR) is 107 cm³/mol. The quantitative estimate of drug-likeness (QED) is 0.232. The Morgan fingerprint density at radius 3 is 2.88 bits per heavy atom. The monoisotopic (exact) mass is 384 g/mol. The van der Waals surface area contributed by atoms with Crippen LogP contribution >= 0.6 is 23.1 Å². The molecule has 0 saturated carbocycles. The van der Waals surface area contributed by atoms with Gasteiger partial charge in [0.25, 0.3) is 6.04 Å². The van der Waals surface area contributed by atoms with Crippen molar-refractivity contribution in [2.75, 3.05) is 25.4 Å². The van der Waals surface area contributed by atoms with Crippen LogP contribution in [0, 0.1) is 17.0 Å². The molecule has 1 fully saturated rings. The number of hydrogen-bond acceptors (Lipinski definition) is 6. The highest BCUT2D eigenvalue weighted by atomic mass is 32.2. The predicted octanol–water partition coefficient (Wildman–Crippen LogP) is 3.30. The fourth-order valence-electron chi connectivity index (χ4n) is 2.79. The van der Waals surface area contributed by atoms with Crippen LogP contribution in [0.4, 0.5) is 0 Å². The number of hydrogen-bond donors (Lipinski definition) is 1. The van der Waals surface area contributed by atoms with Crippen LogP contribution in [0.3, 0.4) is 0 Å². The van der Waals surface area contributed by atoms with E-state index in [1.165, 1.54) is 54.6 Å². The van der Waals surface area contributed by atoms with E-state index < -0.39 is 11.0 Å². The van der Waals surface area contributed by atoms with Gasteiger partial charge in [0.1, 0.15) is 0 Å². The van der Waals surface area contributed by atoms with E-state index >= 15 is 0 Å². The molecule has 0 spiro atoms. The minimum absolute atomic E-state index is 0.112. The minimum Gasteiger partial charge on any atom is -0.382 e. The number of amidine groups is 1. The maximum Gasteiger partial charge on any atom is 0.266 e. The number of nitrogens with two attached hydrogens (primary N) is 1. The van der Waals surface area contributed by atoms with Crippen LogP contribution in [0.25, 0.3) is 0 Å². The van der Waals surface area contributed by atoms with Crippen molar-refractivity contribution in [3.63, 3.8) is 0 Å². The van der Waals surface area contributed by atoms with Crippen molar-refractivity contribution in [3.05, 3.63) is 31.5 Å². The van der Waals surface area contributed by atoms with Gasteiger partial charge in [-0.25, -0.2) is 0 Å². The first kappa shape index (κ1) is 20.2. The summed E-state index contributed by atoms with van der Waals surface area (Å²) in [6, 6.07) is 1.39. The molecule has 1 saturated heterocycles. The lowest BCUT2D eigenvalue weighted by Gasteiger charge is -2.26. The van der Waals surface area contributed by atoms with Crippen LogP contribution in [-0.2, 0) is 12.3 Å². The SMILES string of the molecule is Cc1cc(CSCCN=C(N)C(C)[N+](=O)[O-])sc1CN1CCCCC1. The molecule has 0 bridgehead atoms. The van der Waals surface area contributed by atoms with Gasteiger partial charge in [0.05, 0.1) is 6.54 Å². The summed E-state index contributed by atoms with van der Waals surface area (Å²) in [5.74, 6) is 1.90. The van der Waals surface area contributed by atoms with E-state index in [2.05, 4.69) is 22.9 Å². The van der Waals surface area contributed by atoms with E-state index in [9.17, 15) is 10.1 Å². The number of likely N-dealkylation sites (tertiary alicyclic amines) is 1. The second-order valence-electron chi connectivity index (χ2n) is 6.48. The van der Waals surface area contributed by atoms with Crippen molar-refractivity contribution in [2.45, 2.75) is 51.4 Å². The summed E-state index contributed by atoms with van der Waals surface area (Å²) < 4.78 is 0. The molecular weight excluding hydrogens is 356 g/mol. The van der Waals surface area contributed by atoms with E-state index in [4.69, 9.17) is 5.73 Å². The van der Waals surface area contributed by atoms with Crippen LogP contribution in [0.15, 0.2) is 11.1 Å². The maximum absolute atomic E-state index is 10.6. The lowest BCUT2D eigenvalue weighted by atomic mass is 10.1. The van der Waals surface area contributed by atoms with Crippen molar-refractivity contribution in [3.8, 4) is 0 Å². The summed E-state index contributed by atoms with van der Waals surface area (Å²) in [5.41, 5.74) is 7.02. The number of nitro groups is 1. The third-order valence-electron chi connectivity index (χ3n) is 4.41. The molecule has 0 aromatic carbocycles. The Bertz CT molecular complexity index is 597. The fraction of sp³-hybridized carbons (Fsp3) is 0.706. The zero-order valence-corrected chi connectivity index (χ0v) is 16.7. The van der Waals surface area contributed by atoms with Gasteiger partial charge in [-0.2, -0.15) is 11.8 Å². The molecule has 2 heterocycles. The van der Waals surface area contributed by atoms with Gasteiger partial charge < -0.3 is 5.73 Å². The Morgan fingerprint density at radius 2 is 2.20 bits per heavy atom. The van der Waals surface area contributed by atoms with Crippen molar-refractivity contribution >= 4 is 28.9 Å². The third-order valence-corrected chi connectivity index (χ3v) is 6.80. The normalized spacial score (nSPS) is 17.6. The van der Waals surface area contributed by atoms with Gasteiger partial charge in [0.2, 0.25) is 0 Å². The molecule has 1 aromatic rings. The van der Waals surface area contributed by atoms with Crippen LogP contribution in [-0.4, -0.2) is 47.1 Å². The van der Waals surface area contributed by atoms with Crippen LogP contribution in [0.2, 0.25) is 0 Å². The standard InChI is InChI=1S/C17H28N4O2S2/c1-13-10-15(25-16(13)11-20-7-4-3-5-8-20)12-24-9-6-19-17(18)14(2)21(22)23/h10,14H,3-9,11-12H2,1-2H3,(H2,18,19). The Labute approximate surface area is 158 Å². The highest BCUT2D eigenvalue weighted by molar-refractivity contribution is 7.98. The van der Waals surface area contributed by atoms with Crippen LogP contribution in [0.1, 0.15) is 41.5 Å². The lowest BCUT2D eigenvalue weighted by Crippen LogP contribution is -2.33. The van der Waals surface area contributed by atoms with Gasteiger partial charge >= 0.3 is 0 Å². The van der Waals surface area contributed by atoms with Crippen LogP contribution in [0.5, 0.6) is 0 Å². The second kappa shape index (κ2) is 10.1. The number of aliphatic imine (C=N–C) groups is 1. The first-order valence-electron chi connectivity index (χ1n) is 8.79. The molecule has 1 atom stereocenters. The number of aryl methyl sites for hydroxylation is 1. The molecule has 1 aromatic heterocycles. The Kier molecular flexibility index (Phi) is 8.18. The zero-order chi connectivity index (χ0) is 18.2. The molecule has 0 radical (unpaired) electrons. The molecule has 25 heavy (non-hydrogen) atoms. The summed E-state index contributed by atoms with van der Waals surface area (Å²) in [4.78, 5) is 19.8. The summed E-state index contributed by atoms with van der Waals surface area (Å²) in [6.07, 6.45) is 4.02. The summed E-state index contributed by atoms with van der Waals surface area (Å²) in [6.45, 7) is 7.73. The summed E-state index contributed by atoms with van der Waals surface area (Å²) in [5, 5.41) is 10.6. The van der Waals surface area contributed by atoms with Gasteiger partial charge in [-0.05, 0) is 44.5 Å². The molecule has 1 unspecified atom stereocenters. The van der Waals surface area contributed by atoms with E-state index in [1.54, 1.807) is 11.8 Å². The highest BCUT2D eigenvalue weighted by Crippen LogP contribution is 2.27. The molecule has 2 N–H and O–H groups in total. The third kappa shape index (κ3) is 6.60. The van der Waals surface area contributed by atoms with Crippen molar-refractivity contribution < 1.29 is 4.92 Å². The molecular formula is C17H28N4O2S2. The average molecular weight is 385 g/mol. The fourth-order valence-corrected chi connectivity index (χ4v) is 4.95. The van der Waals surface area contributed by atoms with Gasteiger partial charge in [-0.1, -0.05) is 6.42 Å². The number of rotatable bonds is 9. The topological polar surface area (TPSA) is 84.8 Å². The number of thiophene rings is 1. The van der Waals surface area contributed by atoms with Gasteiger partial charge in [-0.15, -0.1) is 11.3 Å². The maximum atomic E-state index is 10.6. The first-order valence-corrected chi connectivity index (χ1v) is 10.8. The molecule has 6 nitrogen and oxygen atoms in total. The van der Waals surface area contributed by atoms with E-state index in [0.29, 0.717) is 6.54 Å². The summed E-state index contributed by atoms with van der Waals surface area (Å²) in [7, 11) is 0. The Morgan fingerprint density at radius 1 is 1.48 bits per heavy atom. The van der Waals surface area contributed by atoms with Gasteiger partial charge in [0, 0.05) is 39.7 Å². The molecule has 8 heteroatoms. The molecule has 2 rings (SSSR count). The lowest BCUT2D eigenvalue weighted by molar-refractivity contribution is -0.498. The second-order valence-corrected chi connectivity index (χ2v) is 8.80. The number of piperidine rings is 1. The minimum atomic E-state index is -0.901. The van der Waals surface area contributed by atoms with E-state index in [1.807, 2.05) is 11.3 Å². The van der Waals surface area contributed by atoms with Crippen molar-refractivity contribution in [1.82, 2.24) is 4.90 Å². The summed E-state index contributed by atoms with van der Waals surface area (Å²) >= 11 is 3.71. The molecule has 140 valence electrons. The number of thioether (sulfide) groups is 1. The number of nitrogens with zero attached hydrogens (tertiary/aromatic N) is 3. The largest absolute Gasteiger partial charge is 0.382 e. The van der Waals surface area contributed by atoms with Crippen molar-refractivity contribution in [1.29, 1.82) is 0 Å². The van der Waals surface area contributed by atoms with Crippen LogP contribution < -0.4 is 5.73 Å². The van der Waals surface area contributed by atoms with E-state index in [-0.39, 0.29) is 5.84 Å². The smallest absolute Gasteiger partial charge is 0.266 e. The Hall–Kier alpha value is -1.12. The highest BCUT2D eigenvalue weighted by Gasteiger charge is 2.17. The van der Waals surface area contributed by atoms with E-state index in [0.717, 1.165) is 18.1 Å². The molecule has 0 aliphatic carbocycles. The first-order chi connectivity index (χ1) is 12.0. The van der Waals surface area contributed by atoms with Gasteiger partial charge in [-0.3, -0.25) is 20.0 Å². The van der Waals surface area contributed by atoms with Gasteiger partial charge in [0.15, 0.2) is 5.84 Å². The zero-order valence-electron chi connectivity index (χ0n) is 15.1. The van der Waals surface area contributed by atoms with Crippen molar-refractivity contribution in [2.24, 2.45) is 10.7 Å². The molecule has 1 aliphatic rings.